The van der Waals surface area contributed by atoms with Crippen LogP contribution in [0.1, 0.15) is 24.4 Å². The van der Waals surface area contributed by atoms with Gasteiger partial charge in [-0.05, 0) is 43.0 Å². The van der Waals surface area contributed by atoms with E-state index < -0.39 is 0 Å². The number of rotatable bonds is 4. The van der Waals surface area contributed by atoms with Crippen LogP contribution in [0.2, 0.25) is 0 Å². The third kappa shape index (κ3) is 2.37. The quantitative estimate of drug-likeness (QED) is 0.879. The maximum Gasteiger partial charge on any atom is 0.344 e. The van der Waals surface area contributed by atoms with E-state index in [1.165, 1.54) is 11.8 Å². The zero-order valence-corrected chi connectivity index (χ0v) is 12.4. The van der Waals surface area contributed by atoms with Gasteiger partial charge in [0.1, 0.15) is 6.07 Å². The molecule has 1 fully saturated rings. The van der Waals surface area contributed by atoms with Crippen LogP contribution in [0.25, 0.3) is 0 Å². The molecule has 1 aromatic heterocycles. The number of nitrogens with one attached hydrogen (secondary N) is 1. The van der Waals surface area contributed by atoms with Crippen LogP contribution in [0.4, 0.5) is 0 Å². The monoisotopic (exact) mass is 304 g/mol. The molecule has 1 heterocycles. The molecule has 0 unspecified atom stereocenters. The van der Waals surface area contributed by atoms with E-state index in [1.807, 2.05) is 24.5 Å². The second kappa shape index (κ2) is 5.38. The van der Waals surface area contributed by atoms with Crippen molar-refractivity contribution in [2.24, 2.45) is 0 Å². The predicted molar refractivity (Wildman–Crippen MR) is 78.2 cm³/mol. The third-order valence-corrected chi connectivity index (χ3v) is 4.92. The Morgan fingerprint density at radius 1 is 1.45 bits per heavy atom. The van der Waals surface area contributed by atoms with Crippen molar-refractivity contribution in [1.82, 2.24) is 14.8 Å². The number of thioether (sulfide) groups is 1. The number of hydrogen-bond donors (Lipinski definition) is 1. The van der Waals surface area contributed by atoms with Crippen molar-refractivity contribution in [3.05, 3.63) is 34.2 Å². The minimum Gasteiger partial charge on any atom is -0.267 e. The lowest BCUT2D eigenvalue weighted by atomic mass is 10.2. The van der Waals surface area contributed by atoms with Crippen LogP contribution in [0.5, 0.6) is 0 Å². The zero-order valence-electron chi connectivity index (χ0n) is 10.8. The van der Waals surface area contributed by atoms with Gasteiger partial charge in [-0.15, -0.1) is 16.9 Å². The molecule has 0 spiro atoms. The van der Waals surface area contributed by atoms with Gasteiger partial charge in [0.05, 0.1) is 5.56 Å². The number of aromatic nitrogens is 3. The molecule has 1 saturated carbocycles. The summed E-state index contributed by atoms with van der Waals surface area (Å²) in [5.41, 5.74) is 0.470. The summed E-state index contributed by atoms with van der Waals surface area (Å²) >= 11 is 2.91. The van der Waals surface area contributed by atoms with Crippen LogP contribution in [0.15, 0.2) is 37.9 Å². The van der Waals surface area contributed by atoms with Crippen molar-refractivity contribution in [2.45, 2.75) is 33.8 Å². The van der Waals surface area contributed by atoms with Gasteiger partial charge in [0.15, 0.2) is 5.16 Å². The van der Waals surface area contributed by atoms with E-state index in [9.17, 15) is 10.1 Å². The molecule has 0 radical (unpaired) electrons. The number of hydrogen-bond acceptors (Lipinski definition) is 5. The molecule has 0 saturated heterocycles. The van der Waals surface area contributed by atoms with Crippen LogP contribution in [0, 0.1) is 11.3 Å². The topological polar surface area (TPSA) is 74.5 Å². The van der Waals surface area contributed by atoms with Crippen LogP contribution in [-0.2, 0) is 0 Å². The minimum absolute atomic E-state index is 0.172. The summed E-state index contributed by atoms with van der Waals surface area (Å²) in [6.07, 6.45) is 3.98. The van der Waals surface area contributed by atoms with Crippen molar-refractivity contribution in [3.63, 3.8) is 0 Å². The molecule has 1 N–H and O–H groups in total. The first kappa shape index (κ1) is 13.3. The lowest BCUT2D eigenvalue weighted by Crippen LogP contribution is -2.16. The Hall–Kier alpha value is -1.65. The van der Waals surface area contributed by atoms with Crippen molar-refractivity contribution < 1.29 is 0 Å². The number of nitrogens with zero attached hydrogens (tertiary/aromatic N) is 3. The van der Waals surface area contributed by atoms with E-state index in [2.05, 4.69) is 16.3 Å². The Morgan fingerprint density at radius 3 is 2.85 bits per heavy atom. The number of benzene rings is 1. The molecular formula is C13H12N4OS2. The summed E-state index contributed by atoms with van der Waals surface area (Å²) in [6, 6.07) is 8.23. The minimum atomic E-state index is -0.172. The summed E-state index contributed by atoms with van der Waals surface area (Å²) in [6.45, 7) is 0. The zero-order chi connectivity index (χ0) is 14.1. The fourth-order valence-electron chi connectivity index (χ4n) is 1.99. The van der Waals surface area contributed by atoms with Crippen molar-refractivity contribution in [2.75, 3.05) is 6.26 Å². The second-order valence-corrected chi connectivity index (χ2v) is 6.32. The van der Waals surface area contributed by atoms with Crippen LogP contribution in [0.3, 0.4) is 0 Å². The molecule has 7 heteroatoms. The lowest BCUT2D eigenvalue weighted by molar-refractivity contribution is 0.642. The first-order valence-corrected chi connectivity index (χ1v) is 8.20. The van der Waals surface area contributed by atoms with Gasteiger partial charge in [-0.1, -0.05) is 6.07 Å². The highest BCUT2D eigenvalue weighted by Gasteiger charge is 2.29. The normalized spacial score (nSPS) is 14.2. The molecule has 20 heavy (non-hydrogen) atoms. The molecule has 1 aromatic carbocycles. The summed E-state index contributed by atoms with van der Waals surface area (Å²) in [7, 11) is 0. The maximum absolute atomic E-state index is 11.8. The standard InChI is InChI=1S/C13H12N4OS2/c1-19-10-3-2-4-11(9(10)7-14)20-13-16-15-12(18)17(13)8-5-6-8/h2-4,8H,5-6H2,1H3,(H,15,18). The molecule has 0 atom stereocenters. The molecule has 0 bridgehead atoms. The SMILES string of the molecule is CSc1cccc(Sc2n[nH]c(=O)n2C2CC2)c1C#N. The highest BCUT2D eigenvalue weighted by molar-refractivity contribution is 7.99. The average molecular weight is 304 g/mol. The first-order chi connectivity index (χ1) is 9.74. The molecule has 2 aromatic rings. The lowest BCUT2D eigenvalue weighted by Gasteiger charge is -2.07. The van der Waals surface area contributed by atoms with Gasteiger partial charge >= 0.3 is 5.69 Å². The molecule has 1 aliphatic rings. The fraction of sp³-hybridized carbons (Fsp3) is 0.308. The van der Waals surface area contributed by atoms with E-state index in [-0.39, 0.29) is 11.7 Å². The largest absolute Gasteiger partial charge is 0.344 e. The molecule has 0 aliphatic heterocycles. The van der Waals surface area contributed by atoms with E-state index in [4.69, 9.17) is 0 Å². The Kier molecular flexibility index (Phi) is 3.59. The number of aromatic amines is 1. The van der Waals surface area contributed by atoms with Crippen LogP contribution < -0.4 is 5.69 Å². The third-order valence-electron chi connectivity index (χ3n) is 3.11. The Morgan fingerprint density at radius 2 is 2.20 bits per heavy atom. The molecule has 0 amide bonds. The van der Waals surface area contributed by atoms with Crippen LogP contribution in [-0.4, -0.2) is 21.0 Å². The Bertz CT molecular complexity index is 740. The van der Waals surface area contributed by atoms with Gasteiger partial charge in [-0.2, -0.15) is 5.26 Å². The molecule has 102 valence electrons. The van der Waals surface area contributed by atoms with Gasteiger partial charge in [0.2, 0.25) is 0 Å². The summed E-state index contributed by atoms with van der Waals surface area (Å²) in [4.78, 5) is 13.5. The van der Waals surface area contributed by atoms with E-state index in [0.717, 1.165) is 22.6 Å². The fourth-order valence-corrected chi connectivity index (χ4v) is 3.65. The highest BCUT2D eigenvalue weighted by atomic mass is 32.2. The Labute approximate surface area is 124 Å². The first-order valence-electron chi connectivity index (χ1n) is 6.16. The molecule has 3 rings (SSSR count). The maximum atomic E-state index is 11.8. The van der Waals surface area contributed by atoms with Crippen LogP contribution >= 0.6 is 23.5 Å². The highest BCUT2D eigenvalue weighted by Crippen LogP contribution is 2.39. The second-order valence-electron chi connectivity index (χ2n) is 4.46. The summed E-state index contributed by atoms with van der Waals surface area (Å²) in [5.74, 6) is 0. The molecular weight excluding hydrogens is 292 g/mol. The van der Waals surface area contributed by atoms with Gasteiger partial charge in [-0.3, -0.25) is 4.57 Å². The number of H-pyrrole nitrogens is 1. The van der Waals surface area contributed by atoms with E-state index >= 15 is 0 Å². The number of nitriles is 1. The predicted octanol–water partition coefficient (Wildman–Crippen LogP) is 2.65. The summed E-state index contributed by atoms with van der Waals surface area (Å²) < 4.78 is 1.69. The van der Waals surface area contributed by atoms with Crippen molar-refractivity contribution >= 4 is 23.5 Å². The van der Waals surface area contributed by atoms with Gasteiger partial charge in [-0.25, -0.2) is 9.89 Å². The van der Waals surface area contributed by atoms with Crippen molar-refractivity contribution in [3.8, 4) is 6.07 Å². The molecule has 1 aliphatic carbocycles. The van der Waals surface area contributed by atoms with Gasteiger partial charge in [0, 0.05) is 15.8 Å². The summed E-state index contributed by atoms with van der Waals surface area (Å²) in [5, 5.41) is 16.5. The van der Waals surface area contributed by atoms with E-state index in [1.54, 1.807) is 16.3 Å². The van der Waals surface area contributed by atoms with Gasteiger partial charge < -0.3 is 0 Å². The average Bonchev–Trinajstić information content (AvgIpc) is 3.23. The van der Waals surface area contributed by atoms with Crippen molar-refractivity contribution in [1.29, 1.82) is 5.26 Å². The van der Waals surface area contributed by atoms with Gasteiger partial charge in [0.25, 0.3) is 0 Å². The Balaban J connectivity index is 2.00. The molecule has 5 nitrogen and oxygen atoms in total. The smallest absolute Gasteiger partial charge is 0.267 e. The van der Waals surface area contributed by atoms with E-state index in [0.29, 0.717) is 10.7 Å².